The summed E-state index contributed by atoms with van der Waals surface area (Å²) in [6, 6.07) is 5.21. The Hall–Kier alpha value is -0.510. The molecule has 142 valence electrons. The fourth-order valence-electron chi connectivity index (χ4n) is 2.74. The molecule has 5 nitrogen and oxygen atoms in total. The maximum absolute atomic E-state index is 12.7. The van der Waals surface area contributed by atoms with Gasteiger partial charge < -0.3 is 9.64 Å². The van der Waals surface area contributed by atoms with Crippen molar-refractivity contribution in [3.63, 3.8) is 0 Å². The van der Waals surface area contributed by atoms with Gasteiger partial charge in [-0.2, -0.15) is 0 Å². The van der Waals surface area contributed by atoms with Crippen LogP contribution in [0.4, 0.5) is 5.69 Å². The molecule has 10 heteroatoms. The molecule has 0 amide bonds. The normalized spacial score (nSPS) is 18.3. The van der Waals surface area contributed by atoms with Gasteiger partial charge in [-0.1, -0.05) is 29.3 Å². The predicted molar refractivity (Wildman–Crippen MR) is 111 cm³/mol. The second kappa shape index (κ2) is 7.85. The van der Waals surface area contributed by atoms with E-state index < -0.39 is 10.0 Å². The van der Waals surface area contributed by atoms with Gasteiger partial charge in [0.25, 0.3) is 10.0 Å². The molecule has 0 bridgehead atoms. The van der Waals surface area contributed by atoms with Crippen LogP contribution in [0.2, 0.25) is 8.67 Å². The molecule has 1 saturated heterocycles. The first kappa shape index (κ1) is 20.2. The zero-order valence-electron chi connectivity index (χ0n) is 14.1. The Kier molecular flexibility index (Phi) is 6.11. The van der Waals surface area contributed by atoms with Crippen molar-refractivity contribution in [1.82, 2.24) is 4.90 Å². The number of likely N-dealkylation sites (tertiary alicyclic amines) is 1. The maximum Gasteiger partial charge on any atom is 0.265 e. The maximum atomic E-state index is 12.7. The van der Waals surface area contributed by atoms with Crippen LogP contribution >= 0.6 is 50.5 Å². The lowest BCUT2D eigenvalue weighted by atomic mass is 10.2. The minimum Gasteiger partial charge on any atom is -0.489 e. The summed E-state index contributed by atoms with van der Waals surface area (Å²) in [5, 5.41) is 0. The molecule has 1 fully saturated rings. The van der Waals surface area contributed by atoms with Crippen molar-refractivity contribution in [2.24, 2.45) is 0 Å². The van der Waals surface area contributed by atoms with E-state index in [0.717, 1.165) is 36.4 Å². The van der Waals surface area contributed by atoms with Crippen LogP contribution in [0, 0.1) is 6.92 Å². The standard InChI is InChI=1S/C16H17BrCl2N2O3S2/c1-9-3-4-10(7-12(9)24-11-5-6-21(2)8-11)20-26(22,23)14-13(17)15(18)25-16(14)19/h3-4,7,11,20H,5-6,8H2,1-2H3/t11-/m0/s1. The molecule has 1 aromatic carbocycles. The van der Waals surface area contributed by atoms with Crippen molar-refractivity contribution in [1.29, 1.82) is 0 Å². The third-order valence-electron chi connectivity index (χ3n) is 4.08. The lowest BCUT2D eigenvalue weighted by Gasteiger charge is -2.17. The Labute approximate surface area is 175 Å². The Morgan fingerprint density at radius 3 is 2.65 bits per heavy atom. The molecule has 1 atom stereocenters. The summed E-state index contributed by atoms with van der Waals surface area (Å²) in [4.78, 5) is 2.14. The van der Waals surface area contributed by atoms with Crippen LogP contribution in [-0.4, -0.2) is 39.6 Å². The second-order valence-electron chi connectivity index (χ2n) is 6.17. The van der Waals surface area contributed by atoms with E-state index in [4.69, 9.17) is 27.9 Å². The van der Waals surface area contributed by atoms with E-state index >= 15 is 0 Å². The molecular weight excluding hydrogens is 483 g/mol. The van der Waals surface area contributed by atoms with Gasteiger partial charge in [-0.15, -0.1) is 11.3 Å². The van der Waals surface area contributed by atoms with Gasteiger partial charge in [0.15, 0.2) is 0 Å². The summed E-state index contributed by atoms with van der Waals surface area (Å²) in [5.41, 5.74) is 1.35. The number of nitrogens with zero attached hydrogens (tertiary/aromatic N) is 1. The molecule has 2 heterocycles. The number of nitrogens with one attached hydrogen (secondary N) is 1. The molecule has 1 aromatic heterocycles. The summed E-state index contributed by atoms with van der Waals surface area (Å²) in [6.45, 7) is 3.77. The Morgan fingerprint density at radius 2 is 2.08 bits per heavy atom. The number of hydrogen-bond acceptors (Lipinski definition) is 5. The minimum absolute atomic E-state index is 0.0605. The Morgan fingerprint density at radius 1 is 1.35 bits per heavy atom. The van der Waals surface area contributed by atoms with Crippen molar-refractivity contribution in [3.8, 4) is 5.75 Å². The van der Waals surface area contributed by atoms with E-state index in [-0.39, 0.29) is 24.1 Å². The van der Waals surface area contributed by atoms with Crippen molar-refractivity contribution in [2.75, 3.05) is 24.9 Å². The SMILES string of the molecule is Cc1ccc(NS(=O)(=O)c2c(Cl)sc(Cl)c2Br)cc1O[C@H]1CCN(C)C1. The molecule has 2 aromatic rings. The molecule has 0 radical (unpaired) electrons. The smallest absolute Gasteiger partial charge is 0.265 e. The number of hydrogen-bond donors (Lipinski definition) is 1. The van der Waals surface area contributed by atoms with Gasteiger partial charge in [0.1, 0.15) is 25.4 Å². The van der Waals surface area contributed by atoms with Crippen LogP contribution in [0.5, 0.6) is 5.75 Å². The topological polar surface area (TPSA) is 58.6 Å². The first-order valence-corrected chi connectivity index (χ1v) is 11.6. The van der Waals surface area contributed by atoms with Crippen LogP contribution in [0.25, 0.3) is 0 Å². The van der Waals surface area contributed by atoms with Crippen molar-refractivity contribution < 1.29 is 13.2 Å². The Bertz CT molecular complexity index is 934. The second-order valence-corrected chi connectivity index (χ2v) is 10.8. The van der Waals surface area contributed by atoms with Gasteiger partial charge in [-0.05, 0) is 48.0 Å². The highest BCUT2D eigenvalue weighted by Crippen LogP contribution is 2.43. The number of thiophene rings is 1. The lowest BCUT2D eigenvalue weighted by molar-refractivity contribution is 0.207. The molecule has 1 aliphatic heterocycles. The highest BCUT2D eigenvalue weighted by Gasteiger charge is 2.27. The van der Waals surface area contributed by atoms with E-state index in [1.54, 1.807) is 12.1 Å². The fourth-order valence-corrected chi connectivity index (χ4v) is 7.34. The number of sulfonamides is 1. The predicted octanol–water partition coefficient (Wildman–Crippen LogP) is 5.01. The number of anilines is 1. The largest absolute Gasteiger partial charge is 0.489 e. The van der Waals surface area contributed by atoms with Crippen LogP contribution in [0.3, 0.4) is 0 Å². The number of ether oxygens (including phenoxy) is 1. The summed E-state index contributed by atoms with van der Waals surface area (Å²) in [5.74, 6) is 0.666. The molecule has 0 unspecified atom stereocenters. The van der Waals surface area contributed by atoms with Crippen LogP contribution in [0.1, 0.15) is 12.0 Å². The highest BCUT2D eigenvalue weighted by atomic mass is 79.9. The van der Waals surface area contributed by atoms with Gasteiger partial charge in [-0.25, -0.2) is 8.42 Å². The summed E-state index contributed by atoms with van der Waals surface area (Å²) >= 11 is 16.2. The van der Waals surface area contributed by atoms with Crippen molar-refractivity contribution >= 4 is 66.2 Å². The van der Waals surface area contributed by atoms with E-state index in [9.17, 15) is 8.42 Å². The summed E-state index contributed by atoms with van der Waals surface area (Å²) in [6.07, 6.45) is 1.05. The number of benzene rings is 1. The minimum atomic E-state index is -3.89. The van der Waals surface area contributed by atoms with Crippen LogP contribution in [0.15, 0.2) is 27.6 Å². The first-order valence-electron chi connectivity index (χ1n) is 7.79. The zero-order chi connectivity index (χ0) is 19.1. The first-order chi connectivity index (χ1) is 12.2. The summed E-state index contributed by atoms with van der Waals surface area (Å²) < 4.78 is 34.7. The third kappa shape index (κ3) is 4.31. The zero-order valence-corrected chi connectivity index (χ0v) is 18.8. The quantitative estimate of drug-likeness (QED) is 0.628. The molecule has 3 rings (SSSR count). The highest BCUT2D eigenvalue weighted by molar-refractivity contribution is 9.10. The molecular formula is C16H17BrCl2N2O3S2. The van der Waals surface area contributed by atoms with E-state index in [1.165, 1.54) is 0 Å². The van der Waals surface area contributed by atoms with Gasteiger partial charge in [-0.3, -0.25) is 4.72 Å². The molecule has 1 aliphatic rings. The molecule has 0 spiro atoms. The third-order valence-corrected chi connectivity index (χ3v) is 8.93. The van der Waals surface area contributed by atoms with Crippen molar-refractivity contribution in [3.05, 3.63) is 36.9 Å². The number of aryl methyl sites for hydroxylation is 1. The lowest BCUT2D eigenvalue weighted by Crippen LogP contribution is -2.21. The average molecular weight is 500 g/mol. The van der Waals surface area contributed by atoms with Crippen LogP contribution < -0.4 is 9.46 Å². The van der Waals surface area contributed by atoms with E-state index in [1.807, 2.05) is 20.0 Å². The van der Waals surface area contributed by atoms with Crippen LogP contribution in [-0.2, 0) is 10.0 Å². The molecule has 0 saturated carbocycles. The number of rotatable bonds is 5. The molecule has 0 aliphatic carbocycles. The van der Waals surface area contributed by atoms with E-state index in [2.05, 4.69) is 25.6 Å². The van der Waals surface area contributed by atoms with E-state index in [0.29, 0.717) is 11.4 Å². The van der Waals surface area contributed by atoms with Gasteiger partial charge in [0, 0.05) is 19.2 Å². The Balaban J connectivity index is 1.84. The number of halogens is 3. The van der Waals surface area contributed by atoms with Gasteiger partial charge >= 0.3 is 0 Å². The summed E-state index contributed by atoms with van der Waals surface area (Å²) in [7, 11) is -1.84. The van der Waals surface area contributed by atoms with Gasteiger partial charge in [0.2, 0.25) is 0 Å². The fraction of sp³-hybridized carbons (Fsp3) is 0.375. The van der Waals surface area contributed by atoms with Gasteiger partial charge in [0.05, 0.1) is 10.2 Å². The molecule has 1 N–H and O–H groups in total. The van der Waals surface area contributed by atoms with Crippen molar-refractivity contribution in [2.45, 2.75) is 24.3 Å². The molecule has 26 heavy (non-hydrogen) atoms. The number of likely N-dealkylation sites (N-methyl/N-ethyl adjacent to an activating group) is 1. The average Bonchev–Trinajstić information content (AvgIpc) is 3.05. The monoisotopic (exact) mass is 498 g/mol.